The molecule has 98 valence electrons. The largest absolute Gasteiger partial charge is 0.487 e. The van der Waals surface area contributed by atoms with Gasteiger partial charge in [0.15, 0.2) is 11.5 Å². The average Bonchev–Trinajstić information content (AvgIpc) is 2.46. The van der Waals surface area contributed by atoms with Crippen LogP contribution in [0.15, 0.2) is 17.1 Å². The lowest BCUT2D eigenvalue weighted by atomic mass is 9.92. The van der Waals surface area contributed by atoms with Gasteiger partial charge in [0, 0.05) is 12.3 Å². The van der Waals surface area contributed by atoms with Crippen molar-refractivity contribution in [2.45, 2.75) is 38.1 Å². The molecule has 19 heavy (non-hydrogen) atoms. The Morgan fingerprint density at radius 1 is 1.11 bits per heavy atom. The highest BCUT2D eigenvalue weighted by Crippen LogP contribution is 2.28. The average molecular weight is 255 g/mol. The lowest BCUT2D eigenvalue weighted by molar-refractivity contribution is 0.173. The van der Waals surface area contributed by atoms with Crippen molar-refractivity contribution in [2.24, 2.45) is 4.99 Å². The second kappa shape index (κ2) is 5.68. The standard InChI is InChI=1S/C15H18BNO2/c16-13-8-11(9-14-15(13)19-7-6-18-14)10-17-12-4-2-1-3-5-12/h8-10,12H,1-7H2. The molecule has 1 heterocycles. The first-order valence-corrected chi connectivity index (χ1v) is 7.05. The number of benzene rings is 1. The minimum atomic E-state index is 0.475. The van der Waals surface area contributed by atoms with E-state index in [4.69, 9.17) is 17.3 Å². The summed E-state index contributed by atoms with van der Waals surface area (Å²) in [5.74, 6) is 1.40. The molecule has 0 atom stereocenters. The first-order valence-electron chi connectivity index (χ1n) is 7.05. The minimum Gasteiger partial charge on any atom is -0.487 e. The number of fused-ring (bicyclic) bond motifs is 1. The van der Waals surface area contributed by atoms with Crippen molar-refractivity contribution in [3.05, 3.63) is 17.7 Å². The highest BCUT2D eigenvalue weighted by Gasteiger charge is 2.15. The molecule has 1 aliphatic heterocycles. The topological polar surface area (TPSA) is 30.8 Å². The van der Waals surface area contributed by atoms with Gasteiger partial charge in [-0.05, 0) is 24.5 Å². The number of aliphatic imine (C=N–C) groups is 1. The Balaban J connectivity index is 1.77. The Morgan fingerprint density at radius 3 is 2.74 bits per heavy atom. The normalized spacial score (nSPS) is 19.8. The summed E-state index contributed by atoms with van der Waals surface area (Å²) in [5.41, 5.74) is 1.62. The van der Waals surface area contributed by atoms with E-state index in [2.05, 4.69) is 4.99 Å². The second-order valence-electron chi connectivity index (χ2n) is 5.20. The van der Waals surface area contributed by atoms with E-state index in [9.17, 15) is 0 Å². The Hall–Kier alpha value is -1.45. The van der Waals surface area contributed by atoms with Crippen molar-refractivity contribution in [2.75, 3.05) is 13.2 Å². The fourth-order valence-electron chi connectivity index (χ4n) is 2.70. The van der Waals surface area contributed by atoms with E-state index in [1.54, 1.807) is 0 Å². The lowest BCUT2D eigenvalue weighted by Gasteiger charge is -2.21. The molecule has 2 aliphatic rings. The van der Waals surface area contributed by atoms with Gasteiger partial charge in [0.25, 0.3) is 0 Å². The number of hydrogen-bond acceptors (Lipinski definition) is 3. The predicted molar refractivity (Wildman–Crippen MR) is 77.3 cm³/mol. The zero-order valence-electron chi connectivity index (χ0n) is 11.1. The summed E-state index contributed by atoms with van der Waals surface area (Å²) in [6.07, 6.45) is 8.28. The maximum atomic E-state index is 5.98. The van der Waals surface area contributed by atoms with Gasteiger partial charge in [-0.3, -0.25) is 4.99 Å². The first kappa shape index (κ1) is 12.6. The van der Waals surface area contributed by atoms with Gasteiger partial charge in [-0.1, -0.05) is 30.8 Å². The molecule has 3 rings (SSSR count). The summed E-state index contributed by atoms with van der Waals surface area (Å²) in [6, 6.07) is 4.33. The summed E-state index contributed by atoms with van der Waals surface area (Å²) in [4.78, 5) is 4.67. The van der Waals surface area contributed by atoms with Crippen molar-refractivity contribution < 1.29 is 9.47 Å². The minimum absolute atomic E-state index is 0.475. The third-order valence-corrected chi connectivity index (χ3v) is 3.70. The molecular formula is C15H18BNO2. The summed E-state index contributed by atoms with van der Waals surface area (Å²) in [6.45, 7) is 1.14. The summed E-state index contributed by atoms with van der Waals surface area (Å²) < 4.78 is 11.1. The monoisotopic (exact) mass is 255 g/mol. The van der Waals surface area contributed by atoms with Crippen molar-refractivity contribution in [1.29, 1.82) is 0 Å². The van der Waals surface area contributed by atoms with E-state index >= 15 is 0 Å². The zero-order chi connectivity index (χ0) is 13.1. The molecule has 1 saturated carbocycles. The number of rotatable bonds is 2. The summed E-state index contributed by atoms with van der Waals surface area (Å²) in [5, 5.41) is 0. The fourth-order valence-corrected chi connectivity index (χ4v) is 2.70. The second-order valence-corrected chi connectivity index (χ2v) is 5.20. The molecule has 2 radical (unpaired) electrons. The number of ether oxygens (including phenoxy) is 2. The third-order valence-electron chi connectivity index (χ3n) is 3.70. The molecule has 0 spiro atoms. The van der Waals surface area contributed by atoms with E-state index < -0.39 is 0 Å². The lowest BCUT2D eigenvalue weighted by Crippen LogP contribution is -2.21. The maximum Gasteiger partial charge on any atom is 0.161 e. The van der Waals surface area contributed by atoms with Gasteiger partial charge < -0.3 is 9.47 Å². The van der Waals surface area contributed by atoms with Crippen molar-refractivity contribution in [3.8, 4) is 11.5 Å². The maximum absolute atomic E-state index is 5.98. The molecule has 0 saturated heterocycles. The van der Waals surface area contributed by atoms with Crippen LogP contribution in [-0.2, 0) is 0 Å². The van der Waals surface area contributed by atoms with Gasteiger partial charge in [-0.25, -0.2) is 0 Å². The van der Waals surface area contributed by atoms with Crippen LogP contribution in [0.25, 0.3) is 0 Å². The molecule has 0 amide bonds. The van der Waals surface area contributed by atoms with Crippen LogP contribution < -0.4 is 14.9 Å². The van der Waals surface area contributed by atoms with Crippen LogP contribution in [-0.4, -0.2) is 33.3 Å². The van der Waals surface area contributed by atoms with Crippen molar-refractivity contribution in [1.82, 2.24) is 0 Å². The Labute approximate surface area is 115 Å². The van der Waals surface area contributed by atoms with Gasteiger partial charge in [0.2, 0.25) is 0 Å². The molecule has 1 aliphatic carbocycles. The van der Waals surface area contributed by atoms with Gasteiger partial charge in [-0.15, -0.1) is 0 Å². The third kappa shape index (κ3) is 2.94. The van der Waals surface area contributed by atoms with Crippen LogP contribution in [0.5, 0.6) is 11.5 Å². The van der Waals surface area contributed by atoms with E-state index in [1.165, 1.54) is 32.1 Å². The summed E-state index contributed by atoms with van der Waals surface area (Å²) >= 11 is 0. The van der Waals surface area contributed by atoms with Crippen LogP contribution in [0.2, 0.25) is 0 Å². The van der Waals surface area contributed by atoms with Crippen molar-refractivity contribution >= 4 is 19.5 Å². The Bertz CT molecular complexity index is 481. The van der Waals surface area contributed by atoms with Gasteiger partial charge in [0.05, 0.1) is 0 Å². The molecule has 1 fully saturated rings. The number of nitrogens with zero attached hydrogens (tertiary/aromatic N) is 1. The van der Waals surface area contributed by atoms with Crippen LogP contribution >= 0.6 is 0 Å². The molecule has 4 heteroatoms. The molecule has 0 aromatic heterocycles. The Kier molecular flexibility index (Phi) is 3.76. The van der Waals surface area contributed by atoms with E-state index in [-0.39, 0.29) is 0 Å². The zero-order valence-corrected chi connectivity index (χ0v) is 11.1. The van der Waals surface area contributed by atoms with Crippen LogP contribution in [0.1, 0.15) is 37.7 Å². The number of hydrogen-bond donors (Lipinski definition) is 0. The molecule has 0 bridgehead atoms. The smallest absolute Gasteiger partial charge is 0.161 e. The van der Waals surface area contributed by atoms with E-state index in [0.717, 1.165) is 11.3 Å². The van der Waals surface area contributed by atoms with Gasteiger partial charge >= 0.3 is 0 Å². The van der Waals surface area contributed by atoms with Crippen LogP contribution in [0, 0.1) is 0 Å². The molecule has 0 unspecified atom stereocenters. The molecular weight excluding hydrogens is 237 g/mol. The highest BCUT2D eigenvalue weighted by atomic mass is 16.6. The molecule has 0 N–H and O–H groups in total. The van der Waals surface area contributed by atoms with Crippen LogP contribution in [0.3, 0.4) is 0 Å². The summed E-state index contributed by atoms with van der Waals surface area (Å²) in [7, 11) is 5.98. The molecule has 1 aromatic carbocycles. The SMILES string of the molecule is [B]c1cc(C=NC2CCCCC2)cc2c1OCCO2. The molecule has 1 aromatic rings. The van der Waals surface area contributed by atoms with E-state index in [1.807, 2.05) is 18.3 Å². The Morgan fingerprint density at radius 2 is 1.89 bits per heavy atom. The van der Waals surface area contributed by atoms with Crippen molar-refractivity contribution in [3.63, 3.8) is 0 Å². The quantitative estimate of drug-likeness (QED) is 0.597. The van der Waals surface area contributed by atoms with Crippen LogP contribution in [0.4, 0.5) is 0 Å². The molecule has 3 nitrogen and oxygen atoms in total. The highest BCUT2D eigenvalue weighted by molar-refractivity contribution is 6.35. The van der Waals surface area contributed by atoms with Gasteiger partial charge in [0.1, 0.15) is 21.1 Å². The van der Waals surface area contributed by atoms with E-state index in [0.29, 0.717) is 30.5 Å². The van der Waals surface area contributed by atoms with Gasteiger partial charge in [-0.2, -0.15) is 0 Å². The first-order chi connectivity index (χ1) is 9.33. The fraction of sp³-hybridized carbons (Fsp3) is 0.533. The predicted octanol–water partition coefficient (Wildman–Crippen LogP) is 2.00.